The van der Waals surface area contributed by atoms with Crippen LogP contribution in [0.4, 0.5) is 0 Å². The predicted octanol–water partition coefficient (Wildman–Crippen LogP) is 1.01. The van der Waals surface area contributed by atoms with Crippen molar-refractivity contribution in [1.82, 2.24) is 19.4 Å². The van der Waals surface area contributed by atoms with Crippen LogP contribution in [0.2, 0.25) is 0 Å². The maximum atomic E-state index is 12.8. The normalized spacial score (nSPS) is 18.5. The highest BCUT2D eigenvalue weighted by molar-refractivity contribution is 7.89. The van der Waals surface area contributed by atoms with E-state index in [2.05, 4.69) is 14.7 Å². The van der Waals surface area contributed by atoms with Gasteiger partial charge in [-0.05, 0) is 43.7 Å². The second-order valence-corrected chi connectivity index (χ2v) is 8.29. The van der Waals surface area contributed by atoms with E-state index in [1.165, 1.54) is 7.11 Å². The number of aromatic nitrogens is 2. The Morgan fingerprint density at radius 2 is 2.22 bits per heavy atom. The highest BCUT2D eigenvalue weighted by Gasteiger charge is 2.24. The number of nitrogens with zero attached hydrogens (tertiary/aromatic N) is 3. The van der Waals surface area contributed by atoms with E-state index in [0.717, 1.165) is 25.8 Å². The van der Waals surface area contributed by atoms with Crippen LogP contribution in [0, 0.1) is 0 Å². The first-order valence-corrected chi connectivity index (χ1v) is 10.6. The van der Waals surface area contributed by atoms with Gasteiger partial charge in [-0.1, -0.05) is 6.42 Å². The summed E-state index contributed by atoms with van der Waals surface area (Å²) < 4.78 is 35.2. The van der Waals surface area contributed by atoms with Crippen LogP contribution in [0.25, 0.3) is 5.69 Å². The molecular weight excluding hydrogens is 368 g/mol. The third-order valence-corrected chi connectivity index (χ3v) is 6.34. The summed E-state index contributed by atoms with van der Waals surface area (Å²) in [6.45, 7) is 1.82. The van der Waals surface area contributed by atoms with Gasteiger partial charge in [0.15, 0.2) is 0 Å². The number of sulfonamides is 1. The second kappa shape index (κ2) is 8.83. The number of hydrogen-bond acceptors (Lipinski definition) is 6. The molecule has 0 saturated carbocycles. The first-order chi connectivity index (χ1) is 13.0. The second-order valence-electron chi connectivity index (χ2n) is 6.55. The number of nitrogens with one attached hydrogen (secondary N) is 1. The number of rotatable bonds is 8. The van der Waals surface area contributed by atoms with Crippen molar-refractivity contribution in [3.05, 3.63) is 36.7 Å². The molecule has 1 fully saturated rings. The van der Waals surface area contributed by atoms with Crippen molar-refractivity contribution in [1.29, 1.82) is 0 Å². The van der Waals surface area contributed by atoms with Crippen molar-refractivity contribution in [2.75, 3.05) is 33.4 Å². The lowest BCUT2D eigenvalue weighted by molar-refractivity contribution is 0.0923. The number of hydrogen-bond donors (Lipinski definition) is 2. The number of aliphatic hydroxyl groups is 1. The largest absolute Gasteiger partial charge is 0.495 e. The summed E-state index contributed by atoms with van der Waals surface area (Å²) in [6, 6.07) is 6.81. The van der Waals surface area contributed by atoms with E-state index >= 15 is 0 Å². The summed E-state index contributed by atoms with van der Waals surface area (Å²) >= 11 is 0. The van der Waals surface area contributed by atoms with Crippen LogP contribution in [0.15, 0.2) is 41.6 Å². The molecule has 1 aliphatic rings. The van der Waals surface area contributed by atoms with E-state index in [-0.39, 0.29) is 29.8 Å². The molecule has 1 aromatic heterocycles. The molecule has 1 atom stereocenters. The molecule has 3 rings (SSSR count). The lowest BCUT2D eigenvalue weighted by Gasteiger charge is -2.34. The van der Waals surface area contributed by atoms with Crippen LogP contribution in [0.5, 0.6) is 5.75 Å². The van der Waals surface area contributed by atoms with Crippen LogP contribution >= 0.6 is 0 Å². The zero-order chi connectivity index (χ0) is 19.3. The van der Waals surface area contributed by atoms with Gasteiger partial charge in [-0.25, -0.2) is 17.8 Å². The molecule has 9 heteroatoms. The van der Waals surface area contributed by atoms with Gasteiger partial charge in [-0.2, -0.15) is 5.10 Å². The zero-order valence-electron chi connectivity index (χ0n) is 15.4. The number of ether oxygens (including phenoxy) is 1. The van der Waals surface area contributed by atoms with Crippen molar-refractivity contribution in [3.63, 3.8) is 0 Å². The molecule has 27 heavy (non-hydrogen) atoms. The van der Waals surface area contributed by atoms with Gasteiger partial charge in [0.25, 0.3) is 0 Å². The van der Waals surface area contributed by atoms with E-state index in [9.17, 15) is 13.5 Å². The first-order valence-electron chi connectivity index (χ1n) is 9.08. The molecule has 1 saturated heterocycles. The maximum absolute atomic E-state index is 12.8. The van der Waals surface area contributed by atoms with Crippen molar-refractivity contribution in [3.8, 4) is 11.4 Å². The topological polar surface area (TPSA) is 96.7 Å². The standard InChI is InChI=1S/C18H26N4O4S/c1-26-17-7-6-15(22-11-4-8-19-22)13-18(17)27(24,25)20-9-12-21-10-3-2-5-16(21)14-23/h4,6-8,11,13,16,20,23H,2-3,5,9-10,12,14H2,1H3/t16-/m0/s1. The number of piperidine rings is 1. The molecule has 2 N–H and O–H groups in total. The monoisotopic (exact) mass is 394 g/mol. The van der Waals surface area contributed by atoms with Crippen molar-refractivity contribution in [2.45, 2.75) is 30.2 Å². The lowest BCUT2D eigenvalue weighted by Crippen LogP contribution is -2.45. The zero-order valence-corrected chi connectivity index (χ0v) is 16.2. The highest BCUT2D eigenvalue weighted by atomic mass is 32.2. The summed E-state index contributed by atoms with van der Waals surface area (Å²) in [7, 11) is -2.30. The minimum atomic E-state index is -3.75. The van der Waals surface area contributed by atoms with Gasteiger partial charge < -0.3 is 9.84 Å². The third-order valence-electron chi connectivity index (χ3n) is 4.86. The number of benzene rings is 1. The summed E-state index contributed by atoms with van der Waals surface area (Å²) in [5, 5.41) is 13.6. The van der Waals surface area contributed by atoms with Gasteiger partial charge in [-0.15, -0.1) is 0 Å². The minimum absolute atomic E-state index is 0.0790. The Morgan fingerprint density at radius 3 is 2.93 bits per heavy atom. The van der Waals surface area contributed by atoms with Gasteiger partial charge >= 0.3 is 0 Å². The quantitative estimate of drug-likeness (QED) is 0.694. The molecule has 2 aromatic rings. The average molecular weight is 394 g/mol. The minimum Gasteiger partial charge on any atom is -0.495 e. The van der Waals surface area contributed by atoms with E-state index in [1.807, 2.05) is 0 Å². The smallest absolute Gasteiger partial charge is 0.244 e. The summed E-state index contributed by atoms with van der Waals surface area (Å²) in [5.74, 6) is 0.282. The number of methoxy groups -OCH3 is 1. The first kappa shape index (κ1) is 19.8. The SMILES string of the molecule is COc1ccc(-n2cccn2)cc1S(=O)(=O)NCCN1CCCC[C@H]1CO. The van der Waals surface area contributed by atoms with Crippen molar-refractivity contribution < 1.29 is 18.3 Å². The van der Waals surface area contributed by atoms with E-state index in [0.29, 0.717) is 12.2 Å². The Labute approximate surface area is 159 Å². The molecule has 2 heterocycles. The van der Waals surface area contributed by atoms with E-state index in [4.69, 9.17) is 4.74 Å². The summed E-state index contributed by atoms with van der Waals surface area (Å²) in [4.78, 5) is 2.22. The Morgan fingerprint density at radius 1 is 1.37 bits per heavy atom. The van der Waals surface area contributed by atoms with Crippen LogP contribution in [-0.2, 0) is 10.0 Å². The van der Waals surface area contributed by atoms with Crippen molar-refractivity contribution in [2.24, 2.45) is 0 Å². The Hall–Kier alpha value is -1.94. The van der Waals surface area contributed by atoms with Crippen LogP contribution < -0.4 is 9.46 Å². The highest BCUT2D eigenvalue weighted by Crippen LogP contribution is 2.26. The number of likely N-dealkylation sites (tertiary alicyclic amines) is 1. The van der Waals surface area contributed by atoms with Gasteiger partial charge in [0.2, 0.25) is 10.0 Å². The number of aliphatic hydroxyl groups excluding tert-OH is 1. The molecule has 0 spiro atoms. The Bertz CT molecular complexity index is 839. The molecule has 0 bridgehead atoms. The summed E-state index contributed by atoms with van der Waals surface area (Å²) in [6.07, 6.45) is 6.50. The molecule has 0 radical (unpaired) electrons. The molecule has 148 valence electrons. The fourth-order valence-corrected chi connectivity index (χ4v) is 4.61. The molecule has 0 amide bonds. The Balaban J connectivity index is 1.73. The fourth-order valence-electron chi connectivity index (χ4n) is 3.40. The van der Waals surface area contributed by atoms with Crippen LogP contribution in [0.1, 0.15) is 19.3 Å². The fraction of sp³-hybridized carbons (Fsp3) is 0.500. The molecule has 0 aliphatic carbocycles. The van der Waals surface area contributed by atoms with Gasteiger partial charge in [0.05, 0.1) is 19.4 Å². The molecule has 8 nitrogen and oxygen atoms in total. The van der Waals surface area contributed by atoms with Crippen LogP contribution in [0.3, 0.4) is 0 Å². The summed E-state index contributed by atoms with van der Waals surface area (Å²) in [5.41, 5.74) is 0.637. The van der Waals surface area contributed by atoms with Gasteiger partial charge in [-0.3, -0.25) is 4.90 Å². The van der Waals surface area contributed by atoms with Crippen LogP contribution in [-0.4, -0.2) is 67.6 Å². The maximum Gasteiger partial charge on any atom is 0.244 e. The molecular formula is C18H26N4O4S. The third kappa shape index (κ3) is 4.67. The Kier molecular flexibility index (Phi) is 6.48. The predicted molar refractivity (Wildman–Crippen MR) is 102 cm³/mol. The lowest BCUT2D eigenvalue weighted by atomic mass is 10.0. The average Bonchev–Trinajstić information content (AvgIpc) is 3.22. The molecule has 0 unspecified atom stereocenters. The van der Waals surface area contributed by atoms with Crippen molar-refractivity contribution >= 4 is 10.0 Å². The van der Waals surface area contributed by atoms with Gasteiger partial charge in [0.1, 0.15) is 10.6 Å². The van der Waals surface area contributed by atoms with Gasteiger partial charge in [0, 0.05) is 31.5 Å². The van der Waals surface area contributed by atoms with E-state index < -0.39 is 10.0 Å². The van der Waals surface area contributed by atoms with E-state index in [1.54, 1.807) is 41.3 Å². The molecule has 1 aromatic carbocycles. The molecule has 1 aliphatic heterocycles.